The van der Waals surface area contributed by atoms with Gasteiger partial charge < -0.3 is 4.90 Å². The fraction of sp³-hybridized carbons (Fsp3) is 0.889. The summed E-state index contributed by atoms with van der Waals surface area (Å²) >= 11 is 0. The molecule has 0 aromatic heterocycles. The number of likely N-dealkylation sites (N-methyl/N-ethyl adjacent to an activating group) is 1. The molecule has 70 valence electrons. The topological polar surface area (TPSA) is 32.3 Å². The number of rotatable bonds is 3. The Bertz CT molecular complexity index is 170. The van der Waals surface area contributed by atoms with E-state index in [1.807, 2.05) is 11.8 Å². The number of carbonyl (C=O) groups excluding carboxylic acids is 1. The minimum absolute atomic E-state index is 0.0648. The second-order valence-corrected chi connectivity index (χ2v) is 3.42. The third-order valence-corrected chi connectivity index (χ3v) is 2.67. The number of carbonyl (C=O) groups is 1. The van der Waals surface area contributed by atoms with Crippen LogP contribution in [0, 0.1) is 5.92 Å². The fourth-order valence-electron chi connectivity index (χ4n) is 1.52. The average Bonchev–Trinajstić information content (AvgIpc) is 2.45. The van der Waals surface area contributed by atoms with E-state index in [0.29, 0.717) is 5.92 Å². The highest BCUT2D eigenvalue weighted by atomic mass is 16.2. The van der Waals surface area contributed by atoms with E-state index in [-0.39, 0.29) is 11.9 Å². The highest BCUT2D eigenvalue weighted by Crippen LogP contribution is 2.14. The van der Waals surface area contributed by atoms with Gasteiger partial charge in [0.2, 0.25) is 5.91 Å². The van der Waals surface area contributed by atoms with E-state index in [9.17, 15) is 4.79 Å². The van der Waals surface area contributed by atoms with E-state index in [1.165, 1.54) is 0 Å². The number of hydrogen-bond acceptors (Lipinski definition) is 2. The predicted octanol–water partition coefficient (Wildman–Crippen LogP) is 0.810. The monoisotopic (exact) mass is 170 g/mol. The maximum absolute atomic E-state index is 11.6. The molecule has 0 aromatic rings. The van der Waals surface area contributed by atoms with Gasteiger partial charge in [0, 0.05) is 6.54 Å². The van der Waals surface area contributed by atoms with Gasteiger partial charge in [0.05, 0.1) is 12.7 Å². The molecule has 1 N–H and O–H groups in total. The molecule has 1 heterocycles. The van der Waals surface area contributed by atoms with Crippen molar-refractivity contribution in [3.8, 4) is 0 Å². The van der Waals surface area contributed by atoms with Crippen molar-refractivity contribution in [3.05, 3.63) is 0 Å². The lowest BCUT2D eigenvalue weighted by molar-refractivity contribution is -0.129. The Morgan fingerprint density at radius 2 is 2.33 bits per heavy atom. The van der Waals surface area contributed by atoms with Gasteiger partial charge in [0.25, 0.3) is 0 Å². The molecular weight excluding hydrogens is 152 g/mol. The molecule has 0 aliphatic carbocycles. The molecule has 1 fully saturated rings. The molecule has 3 heteroatoms. The summed E-state index contributed by atoms with van der Waals surface area (Å²) < 4.78 is 0. The van der Waals surface area contributed by atoms with Crippen molar-refractivity contribution in [2.75, 3.05) is 13.2 Å². The normalized spacial score (nSPS) is 26.4. The Hall–Kier alpha value is -0.570. The van der Waals surface area contributed by atoms with Crippen LogP contribution in [0.1, 0.15) is 27.2 Å². The highest BCUT2D eigenvalue weighted by molar-refractivity contribution is 5.83. The summed E-state index contributed by atoms with van der Waals surface area (Å²) in [4.78, 5) is 13.5. The van der Waals surface area contributed by atoms with Gasteiger partial charge in [0.15, 0.2) is 0 Å². The molecule has 1 rings (SSSR count). The van der Waals surface area contributed by atoms with Gasteiger partial charge in [-0.25, -0.2) is 0 Å². The molecule has 2 atom stereocenters. The zero-order valence-corrected chi connectivity index (χ0v) is 8.13. The lowest BCUT2D eigenvalue weighted by atomic mass is 9.99. The molecule has 1 aliphatic rings. The molecule has 1 saturated heterocycles. The summed E-state index contributed by atoms with van der Waals surface area (Å²) in [6.07, 6.45) is 1.06. The number of amides is 1. The summed E-state index contributed by atoms with van der Waals surface area (Å²) in [6.45, 7) is 7.80. The van der Waals surface area contributed by atoms with Crippen LogP contribution >= 0.6 is 0 Å². The predicted molar refractivity (Wildman–Crippen MR) is 48.6 cm³/mol. The van der Waals surface area contributed by atoms with Crippen LogP contribution in [0.4, 0.5) is 0 Å². The molecule has 0 spiro atoms. The Labute approximate surface area is 74.1 Å². The maximum atomic E-state index is 11.6. The first-order valence-electron chi connectivity index (χ1n) is 4.72. The molecule has 2 unspecified atom stereocenters. The Balaban J connectivity index is 2.54. The first-order chi connectivity index (χ1) is 5.70. The lowest BCUT2D eigenvalue weighted by Crippen LogP contribution is -2.35. The summed E-state index contributed by atoms with van der Waals surface area (Å²) in [5.74, 6) is 0.723. The molecule has 0 aromatic carbocycles. The minimum Gasteiger partial charge on any atom is -0.329 e. The second kappa shape index (κ2) is 3.90. The lowest BCUT2D eigenvalue weighted by Gasteiger charge is -2.16. The van der Waals surface area contributed by atoms with Crippen molar-refractivity contribution in [2.24, 2.45) is 5.92 Å². The van der Waals surface area contributed by atoms with Crippen molar-refractivity contribution < 1.29 is 4.79 Å². The SMILES string of the molecule is CCC(C)C1NCN(CC)C1=O. The van der Waals surface area contributed by atoms with Gasteiger partial charge in [-0.1, -0.05) is 20.3 Å². The number of nitrogens with one attached hydrogen (secondary N) is 1. The summed E-state index contributed by atoms with van der Waals surface area (Å²) in [6, 6.07) is 0.0648. The van der Waals surface area contributed by atoms with Gasteiger partial charge >= 0.3 is 0 Å². The molecule has 1 aliphatic heterocycles. The zero-order valence-electron chi connectivity index (χ0n) is 8.13. The Morgan fingerprint density at radius 3 is 2.75 bits per heavy atom. The Kier molecular flexibility index (Phi) is 3.09. The molecule has 0 bridgehead atoms. The van der Waals surface area contributed by atoms with Crippen LogP contribution in [0.15, 0.2) is 0 Å². The van der Waals surface area contributed by atoms with Crippen molar-refractivity contribution in [1.29, 1.82) is 0 Å². The zero-order chi connectivity index (χ0) is 9.14. The van der Waals surface area contributed by atoms with Crippen LogP contribution < -0.4 is 5.32 Å². The van der Waals surface area contributed by atoms with Crippen molar-refractivity contribution in [3.63, 3.8) is 0 Å². The van der Waals surface area contributed by atoms with E-state index in [1.54, 1.807) is 0 Å². The largest absolute Gasteiger partial charge is 0.329 e. The van der Waals surface area contributed by atoms with Gasteiger partial charge in [0.1, 0.15) is 0 Å². The third-order valence-electron chi connectivity index (χ3n) is 2.67. The van der Waals surface area contributed by atoms with Gasteiger partial charge in [-0.15, -0.1) is 0 Å². The van der Waals surface area contributed by atoms with Crippen LogP contribution in [0.25, 0.3) is 0 Å². The van der Waals surface area contributed by atoms with E-state index in [2.05, 4.69) is 19.2 Å². The second-order valence-electron chi connectivity index (χ2n) is 3.42. The third kappa shape index (κ3) is 1.61. The van der Waals surface area contributed by atoms with E-state index >= 15 is 0 Å². The summed E-state index contributed by atoms with van der Waals surface area (Å²) in [5.41, 5.74) is 0. The van der Waals surface area contributed by atoms with Gasteiger partial charge in [-0.2, -0.15) is 0 Å². The van der Waals surface area contributed by atoms with Crippen LogP contribution in [0.3, 0.4) is 0 Å². The van der Waals surface area contributed by atoms with Gasteiger partial charge in [-0.3, -0.25) is 10.1 Å². The maximum Gasteiger partial charge on any atom is 0.241 e. The van der Waals surface area contributed by atoms with Crippen LogP contribution in [-0.2, 0) is 4.79 Å². The average molecular weight is 170 g/mol. The molecule has 0 radical (unpaired) electrons. The minimum atomic E-state index is 0.0648. The highest BCUT2D eigenvalue weighted by Gasteiger charge is 2.32. The molecule has 3 nitrogen and oxygen atoms in total. The van der Waals surface area contributed by atoms with Crippen molar-refractivity contribution in [1.82, 2.24) is 10.2 Å². The fourth-order valence-corrected chi connectivity index (χ4v) is 1.52. The van der Waals surface area contributed by atoms with E-state index in [4.69, 9.17) is 0 Å². The number of hydrogen-bond donors (Lipinski definition) is 1. The molecular formula is C9H18N2O. The molecule has 0 saturated carbocycles. The van der Waals surface area contributed by atoms with Crippen LogP contribution in [-0.4, -0.2) is 30.1 Å². The van der Waals surface area contributed by atoms with Gasteiger partial charge in [-0.05, 0) is 12.8 Å². The summed E-state index contributed by atoms with van der Waals surface area (Å²) in [7, 11) is 0. The van der Waals surface area contributed by atoms with Crippen molar-refractivity contribution >= 4 is 5.91 Å². The first kappa shape index (κ1) is 9.52. The molecule has 1 amide bonds. The summed E-state index contributed by atoms with van der Waals surface area (Å²) in [5, 5.41) is 3.23. The first-order valence-corrected chi connectivity index (χ1v) is 4.72. The standard InChI is InChI=1S/C9H18N2O/c1-4-7(3)8-9(12)11(5-2)6-10-8/h7-8,10H,4-6H2,1-3H3. The Morgan fingerprint density at radius 1 is 1.67 bits per heavy atom. The van der Waals surface area contributed by atoms with Crippen LogP contribution in [0.2, 0.25) is 0 Å². The van der Waals surface area contributed by atoms with E-state index < -0.39 is 0 Å². The smallest absolute Gasteiger partial charge is 0.241 e. The molecule has 12 heavy (non-hydrogen) atoms. The quantitative estimate of drug-likeness (QED) is 0.680. The van der Waals surface area contributed by atoms with Crippen molar-refractivity contribution in [2.45, 2.75) is 33.2 Å². The van der Waals surface area contributed by atoms with Crippen LogP contribution in [0.5, 0.6) is 0 Å². The number of nitrogens with zero attached hydrogens (tertiary/aromatic N) is 1. The van der Waals surface area contributed by atoms with E-state index in [0.717, 1.165) is 19.6 Å².